The van der Waals surface area contributed by atoms with Gasteiger partial charge in [-0.3, -0.25) is 19.8 Å². The molecule has 1 saturated heterocycles. The molecule has 32 heavy (non-hydrogen) atoms. The van der Waals surface area contributed by atoms with E-state index < -0.39 is 23.5 Å². The molecule has 1 heterocycles. The number of halogens is 1. The normalized spacial score (nSPS) is 14.4. The number of anilines is 2. The average molecular weight is 431 g/mol. The number of carbonyl (C=O) groups is 3. The average Bonchev–Trinajstić information content (AvgIpc) is 3.09. The number of nitrogens with zero attached hydrogens (tertiary/aromatic N) is 1. The van der Waals surface area contributed by atoms with E-state index in [1.54, 1.807) is 48.5 Å². The summed E-state index contributed by atoms with van der Waals surface area (Å²) in [6.07, 6.45) is 1.42. The van der Waals surface area contributed by atoms with Crippen LogP contribution in [0.1, 0.15) is 5.56 Å². The zero-order chi connectivity index (χ0) is 22.5. The molecule has 0 spiro atoms. The number of ether oxygens (including phenoxy) is 1. The Hall–Kier alpha value is -4.46. The SMILES string of the molecule is O=C(COc1ccccc1/C=C1/C(=O)NN(c2ccccc2)C1=O)Nc1ccc(F)cc1. The zero-order valence-corrected chi connectivity index (χ0v) is 16.7. The first kappa shape index (κ1) is 20.8. The fourth-order valence-electron chi connectivity index (χ4n) is 3.08. The molecule has 0 aromatic heterocycles. The quantitative estimate of drug-likeness (QED) is 0.463. The molecule has 7 nitrogen and oxygen atoms in total. The van der Waals surface area contributed by atoms with Crippen molar-refractivity contribution in [3.63, 3.8) is 0 Å². The summed E-state index contributed by atoms with van der Waals surface area (Å²) in [4.78, 5) is 37.3. The molecule has 0 atom stereocenters. The Balaban J connectivity index is 1.48. The van der Waals surface area contributed by atoms with Crippen molar-refractivity contribution in [1.82, 2.24) is 5.43 Å². The number of hydrogen-bond donors (Lipinski definition) is 2. The van der Waals surface area contributed by atoms with Crippen LogP contribution in [0.15, 0.2) is 84.4 Å². The second-order valence-electron chi connectivity index (χ2n) is 6.86. The minimum absolute atomic E-state index is 0.0549. The summed E-state index contributed by atoms with van der Waals surface area (Å²) in [7, 11) is 0. The van der Waals surface area contributed by atoms with Crippen molar-refractivity contribution in [2.24, 2.45) is 0 Å². The fraction of sp³-hybridized carbons (Fsp3) is 0.0417. The molecule has 0 saturated carbocycles. The number of benzene rings is 3. The summed E-state index contributed by atoms with van der Waals surface area (Å²) in [5.41, 5.74) is 3.92. The van der Waals surface area contributed by atoms with E-state index in [0.29, 0.717) is 22.7 Å². The van der Waals surface area contributed by atoms with Gasteiger partial charge in [-0.2, -0.15) is 0 Å². The van der Waals surface area contributed by atoms with E-state index in [9.17, 15) is 18.8 Å². The molecule has 1 aliphatic rings. The minimum atomic E-state index is -0.539. The van der Waals surface area contributed by atoms with Crippen LogP contribution in [0, 0.1) is 5.82 Å². The van der Waals surface area contributed by atoms with E-state index in [0.717, 1.165) is 0 Å². The van der Waals surface area contributed by atoms with Crippen molar-refractivity contribution in [3.05, 3.63) is 95.8 Å². The van der Waals surface area contributed by atoms with Crippen molar-refractivity contribution in [2.45, 2.75) is 0 Å². The second-order valence-corrected chi connectivity index (χ2v) is 6.86. The van der Waals surface area contributed by atoms with E-state index >= 15 is 0 Å². The number of para-hydroxylation sites is 2. The van der Waals surface area contributed by atoms with Gasteiger partial charge in [-0.25, -0.2) is 9.40 Å². The van der Waals surface area contributed by atoms with Crippen LogP contribution in [-0.4, -0.2) is 24.3 Å². The predicted molar refractivity (Wildman–Crippen MR) is 117 cm³/mol. The first-order valence-electron chi connectivity index (χ1n) is 9.71. The van der Waals surface area contributed by atoms with Gasteiger partial charge in [0.1, 0.15) is 17.1 Å². The van der Waals surface area contributed by atoms with E-state index in [1.165, 1.54) is 35.4 Å². The molecule has 0 aliphatic carbocycles. The molecular weight excluding hydrogens is 413 g/mol. The van der Waals surface area contributed by atoms with Gasteiger partial charge in [0.05, 0.1) is 5.69 Å². The number of hydrazine groups is 1. The van der Waals surface area contributed by atoms with Gasteiger partial charge in [-0.15, -0.1) is 0 Å². The first-order chi connectivity index (χ1) is 15.5. The lowest BCUT2D eigenvalue weighted by atomic mass is 10.1. The lowest BCUT2D eigenvalue weighted by molar-refractivity contribution is -0.118. The number of carbonyl (C=O) groups excluding carboxylic acids is 3. The summed E-state index contributed by atoms with van der Waals surface area (Å²) >= 11 is 0. The van der Waals surface area contributed by atoms with Gasteiger partial charge in [-0.1, -0.05) is 36.4 Å². The second kappa shape index (κ2) is 9.13. The van der Waals surface area contributed by atoms with E-state index in [4.69, 9.17) is 4.74 Å². The number of nitrogens with one attached hydrogen (secondary N) is 2. The zero-order valence-electron chi connectivity index (χ0n) is 16.7. The van der Waals surface area contributed by atoms with Crippen molar-refractivity contribution in [2.75, 3.05) is 16.9 Å². The summed E-state index contributed by atoms with van der Waals surface area (Å²) in [6.45, 7) is -0.312. The highest BCUT2D eigenvalue weighted by Crippen LogP contribution is 2.25. The predicted octanol–water partition coefficient (Wildman–Crippen LogP) is 3.30. The maximum absolute atomic E-state index is 13.0. The van der Waals surface area contributed by atoms with Crippen LogP contribution < -0.4 is 20.5 Å². The van der Waals surface area contributed by atoms with Gasteiger partial charge in [0.2, 0.25) is 0 Å². The third-order valence-electron chi connectivity index (χ3n) is 4.61. The molecule has 4 rings (SSSR count). The van der Waals surface area contributed by atoms with E-state index in [2.05, 4.69) is 10.7 Å². The fourth-order valence-corrected chi connectivity index (χ4v) is 3.08. The number of amides is 3. The largest absolute Gasteiger partial charge is 0.483 e. The smallest absolute Gasteiger partial charge is 0.282 e. The molecule has 0 bridgehead atoms. The number of hydrogen-bond acceptors (Lipinski definition) is 4. The molecule has 2 N–H and O–H groups in total. The summed E-state index contributed by atoms with van der Waals surface area (Å²) in [5.74, 6) is -1.55. The Morgan fingerprint density at radius 1 is 0.969 bits per heavy atom. The highest BCUT2D eigenvalue weighted by atomic mass is 19.1. The molecule has 8 heteroatoms. The van der Waals surface area contributed by atoms with Crippen molar-refractivity contribution >= 4 is 35.2 Å². The molecule has 1 fully saturated rings. The molecule has 1 aliphatic heterocycles. The van der Waals surface area contributed by atoms with Crippen LogP contribution in [0.5, 0.6) is 5.75 Å². The maximum Gasteiger partial charge on any atom is 0.282 e. The Morgan fingerprint density at radius 3 is 2.41 bits per heavy atom. The van der Waals surface area contributed by atoms with Gasteiger partial charge >= 0.3 is 0 Å². The summed E-state index contributed by atoms with van der Waals surface area (Å²) in [5, 5.41) is 3.77. The van der Waals surface area contributed by atoms with Crippen LogP contribution in [0.25, 0.3) is 6.08 Å². The van der Waals surface area contributed by atoms with E-state index in [-0.39, 0.29) is 12.2 Å². The maximum atomic E-state index is 13.0. The molecule has 3 amide bonds. The van der Waals surface area contributed by atoms with Crippen molar-refractivity contribution in [1.29, 1.82) is 0 Å². The van der Waals surface area contributed by atoms with Crippen LogP contribution in [0.4, 0.5) is 15.8 Å². The highest BCUT2D eigenvalue weighted by molar-refractivity contribution is 6.31. The van der Waals surface area contributed by atoms with Gasteiger partial charge < -0.3 is 10.1 Å². The van der Waals surface area contributed by atoms with Crippen molar-refractivity contribution < 1.29 is 23.5 Å². The Kier molecular flexibility index (Phi) is 5.94. The molecule has 0 unspecified atom stereocenters. The van der Waals surface area contributed by atoms with Crippen LogP contribution in [0.2, 0.25) is 0 Å². The molecule has 160 valence electrons. The van der Waals surface area contributed by atoms with E-state index in [1.807, 2.05) is 6.07 Å². The Bertz CT molecular complexity index is 1190. The lowest BCUT2D eigenvalue weighted by Gasteiger charge is -2.14. The van der Waals surface area contributed by atoms with Crippen LogP contribution >= 0.6 is 0 Å². The van der Waals surface area contributed by atoms with Crippen LogP contribution in [0.3, 0.4) is 0 Å². The van der Waals surface area contributed by atoms with Gasteiger partial charge in [0, 0.05) is 11.3 Å². The monoisotopic (exact) mass is 431 g/mol. The topological polar surface area (TPSA) is 87.7 Å². The number of rotatable bonds is 6. The highest BCUT2D eigenvalue weighted by Gasteiger charge is 2.34. The van der Waals surface area contributed by atoms with Gasteiger partial charge in [0.25, 0.3) is 17.7 Å². The Labute approximate surface area is 183 Å². The standard InChI is InChI=1S/C24H18FN3O4/c25-17-10-12-18(13-11-17)26-22(29)15-32-21-9-5-4-6-16(21)14-20-23(30)27-28(24(20)31)19-7-2-1-3-8-19/h1-14H,15H2,(H,26,29)(H,27,30)/b20-14-. The molecule has 0 radical (unpaired) electrons. The summed E-state index contributed by atoms with van der Waals surface area (Å²) in [6, 6.07) is 20.8. The third kappa shape index (κ3) is 4.65. The lowest BCUT2D eigenvalue weighted by Crippen LogP contribution is -2.35. The van der Waals surface area contributed by atoms with Crippen molar-refractivity contribution in [3.8, 4) is 5.75 Å². The molecule has 3 aromatic rings. The third-order valence-corrected chi connectivity index (χ3v) is 4.61. The van der Waals surface area contributed by atoms with Gasteiger partial charge in [0.15, 0.2) is 6.61 Å². The van der Waals surface area contributed by atoms with Gasteiger partial charge in [-0.05, 0) is 48.5 Å². The molecular formula is C24H18FN3O4. The molecule has 3 aromatic carbocycles. The van der Waals surface area contributed by atoms with Crippen LogP contribution in [-0.2, 0) is 14.4 Å². The minimum Gasteiger partial charge on any atom is -0.483 e. The Morgan fingerprint density at radius 2 is 1.66 bits per heavy atom. The first-order valence-corrected chi connectivity index (χ1v) is 9.71. The summed E-state index contributed by atoms with van der Waals surface area (Å²) < 4.78 is 18.6.